The Morgan fingerprint density at radius 3 is 2.29 bits per heavy atom. The number of amides is 1. The summed E-state index contributed by atoms with van der Waals surface area (Å²) in [6, 6.07) is 9.52. The van der Waals surface area contributed by atoms with Crippen LogP contribution in [0.4, 0.5) is 19.0 Å². The van der Waals surface area contributed by atoms with Gasteiger partial charge >= 0.3 is 6.18 Å². The van der Waals surface area contributed by atoms with Crippen molar-refractivity contribution in [1.29, 1.82) is 0 Å². The summed E-state index contributed by atoms with van der Waals surface area (Å²) in [5.41, 5.74) is -0.699. The summed E-state index contributed by atoms with van der Waals surface area (Å²) in [7, 11) is -3.43. The number of nitrogens with zero attached hydrogens (tertiary/aromatic N) is 3. The van der Waals surface area contributed by atoms with E-state index in [4.69, 9.17) is 0 Å². The molecule has 0 N–H and O–H groups in total. The third-order valence-corrected chi connectivity index (χ3v) is 5.54. The quantitative estimate of drug-likeness (QED) is 0.773. The summed E-state index contributed by atoms with van der Waals surface area (Å²) in [5.74, 6) is -0.108. The second-order valence-electron chi connectivity index (χ2n) is 6.46. The number of hydrogen-bond acceptors (Lipinski definition) is 5. The van der Waals surface area contributed by atoms with Crippen LogP contribution >= 0.6 is 0 Å². The minimum absolute atomic E-state index is 0.0603. The average Bonchev–Trinajstić information content (AvgIpc) is 2.66. The molecule has 1 aromatic heterocycles. The van der Waals surface area contributed by atoms with Gasteiger partial charge in [-0.15, -0.1) is 0 Å². The highest BCUT2D eigenvalue weighted by Crippen LogP contribution is 2.29. The maximum absolute atomic E-state index is 12.8. The maximum Gasteiger partial charge on any atom is 0.433 e. The highest BCUT2D eigenvalue weighted by molar-refractivity contribution is 7.90. The number of carbonyl (C=O) groups is 1. The van der Waals surface area contributed by atoms with E-state index in [1.54, 1.807) is 9.80 Å². The maximum atomic E-state index is 12.8. The number of rotatable bonds is 3. The van der Waals surface area contributed by atoms with Crippen molar-refractivity contribution in [3.8, 4) is 0 Å². The fourth-order valence-electron chi connectivity index (χ4n) is 2.94. The van der Waals surface area contributed by atoms with Crippen molar-refractivity contribution in [3.63, 3.8) is 0 Å². The van der Waals surface area contributed by atoms with Crippen molar-refractivity contribution in [2.24, 2.45) is 0 Å². The van der Waals surface area contributed by atoms with E-state index in [1.807, 2.05) is 0 Å². The number of sulfone groups is 1. The lowest BCUT2D eigenvalue weighted by atomic mass is 10.2. The predicted molar refractivity (Wildman–Crippen MR) is 96.9 cm³/mol. The van der Waals surface area contributed by atoms with Crippen LogP contribution < -0.4 is 4.90 Å². The van der Waals surface area contributed by atoms with E-state index < -0.39 is 21.7 Å². The van der Waals surface area contributed by atoms with E-state index >= 15 is 0 Å². The molecule has 0 aliphatic carbocycles. The first kappa shape index (κ1) is 20.1. The van der Waals surface area contributed by atoms with Gasteiger partial charge in [-0.3, -0.25) is 4.79 Å². The monoisotopic (exact) mass is 413 g/mol. The molecule has 150 valence electrons. The predicted octanol–water partition coefficient (Wildman–Crippen LogP) is 2.47. The van der Waals surface area contributed by atoms with Crippen molar-refractivity contribution >= 4 is 21.6 Å². The van der Waals surface area contributed by atoms with Gasteiger partial charge in [-0.05, 0) is 30.3 Å². The van der Waals surface area contributed by atoms with Crippen molar-refractivity contribution in [1.82, 2.24) is 9.88 Å². The van der Waals surface area contributed by atoms with Crippen LogP contribution in [0.25, 0.3) is 0 Å². The Bertz CT molecular complexity index is 985. The summed E-state index contributed by atoms with van der Waals surface area (Å²) in [6.07, 6.45) is -3.45. The molecular weight excluding hydrogens is 395 g/mol. The van der Waals surface area contributed by atoms with E-state index in [0.29, 0.717) is 26.2 Å². The molecule has 10 heteroatoms. The molecule has 1 saturated heterocycles. The molecule has 0 radical (unpaired) electrons. The lowest BCUT2D eigenvalue weighted by molar-refractivity contribution is -0.141. The largest absolute Gasteiger partial charge is 0.433 e. The number of aromatic nitrogens is 1. The Kier molecular flexibility index (Phi) is 5.33. The number of piperazine rings is 1. The standard InChI is InChI=1S/C18H18F3N3O3S/c1-28(26,27)14-5-2-4-13(12-14)17(25)24-10-8-23(9-11-24)16-7-3-6-15(22-16)18(19,20)21/h2-7,12H,8-11H2,1H3. The van der Waals surface area contributed by atoms with Gasteiger partial charge < -0.3 is 9.80 Å². The van der Waals surface area contributed by atoms with Crippen LogP contribution in [0.5, 0.6) is 0 Å². The number of anilines is 1. The third-order valence-electron chi connectivity index (χ3n) is 4.42. The van der Waals surface area contributed by atoms with Crippen molar-refractivity contribution in [2.45, 2.75) is 11.1 Å². The molecule has 1 aliphatic heterocycles. The fourth-order valence-corrected chi connectivity index (χ4v) is 3.61. The number of halogens is 3. The lowest BCUT2D eigenvalue weighted by Crippen LogP contribution is -2.49. The number of alkyl halides is 3. The summed E-state index contributed by atoms with van der Waals surface area (Å²) >= 11 is 0. The van der Waals surface area contributed by atoms with E-state index in [-0.39, 0.29) is 22.2 Å². The highest BCUT2D eigenvalue weighted by Gasteiger charge is 2.33. The fraction of sp³-hybridized carbons (Fsp3) is 0.333. The van der Waals surface area contributed by atoms with Gasteiger partial charge in [0.25, 0.3) is 5.91 Å². The van der Waals surface area contributed by atoms with Gasteiger partial charge in [-0.25, -0.2) is 13.4 Å². The number of benzene rings is 1. The van der Waals surface area contributed by atoms with Gasteiger partial charge in [0.05, 0.1) is 4.90 Å². The van der Waals surface area contributed by atoms with E-state index in [9.17, 15) is 26.4 Å². The Morgan fingerprint density at radius 1 is 1.04 bits per heavy atom. The SMILES string of the molecule is CS(=O)(=O)c1cccc(C(=O)N2CCN(c3cccc(C(F)(F)F)n3)CC2)c1. The Morgan fingerprint density at radius 2 is 1.68 bits per heavy atom. The number of pyridine rings is 1. The number of hydrogen-bond donors (Lipinski definition) is 0. The molecule has 0 spiro atoms. The van der Waals surface area contributed by atoms with E-state index in [1.165, 1.54) is 36.4 Å². The molecule has 1 amide bonds. The minimum Gasteiger partial charge on any atom is -0.353 e. The van der Waals surface area contributed by atoms with Crippen LogP contribution in [0.15, 0.2) is 47.4 Å². The van der Waals surface area contributed by atoms with Crippen LogP contribution in [0.3, 0.4) is 0 Å². The molecule has 1 fully saturated rings. The second-order valence-corrected chi connectivity index (χ2v) is 8.47. The normalized spacial score (nSPS) is 15.6. The van der Waals surface area contributed by atoms with Crippen molar-refractivity contribution in [3.05, 3.63) is 53.7 Å². The molecule has 2 heterocycles. The van der Waals surface area contributed by atoms with Crippen LogP contribution in [-0.4, -0.2) is 56.6 Å². The first-order chi connectivity index (χ1) is 13.1. The summed E-state index contributed by atoms with van der Waals surface area (Å²) in [6.45, 7) is 1.23. The van der Waals surface area contributed by atoms with Crippen LogP contribution in [-0.2, 0) is 16.0 Å². The Labute approximate surface area is 160 Å². The average molecular weight is 413 g/mol. The van der Waals surface area contributed by atoms with Gasteiger partial charge in [-0.2, -0.15) is 13.2 Å². The molecule has 3 rings (SSSR count). The first-order valence-electron chi connectivity index (χ1n) is 8.44. The van der Waals surface area contributed by atoms with Crippen LogP contribution in [0, 0.1) is 0 Å². The highest BCUT2D eigenvalue weighted by atomic mass is 32.2. The van der Waals surface area contributed by atoms with Gasteiger partial charge in [0.2, 0.25) is 0 Å². The third kappa shape index (κ3) is 4.44. The zero-order valence-corrected chi connectivity index (χ0v) is 15.8. The van der Waals surface area contributed by atoms with Gasteiger partial charge in [0, 0.05) is 38.0 Å². The molecule has 6 nitrogen and oxygen atoms in total. The molecule has 1 aliphatic rings. The van der Waals surface area contributed by atoms with Gasteiger partial charge in [0.15, 0.2) is 9.84 Å². The summed E-state index contributed by atoms with van der Waals surface area (Å²) < 4.78 is 61.8. The van der Waals surface area contributed by atoms with Crippen molar-refractivity contribution in [2.75, 3.05) is 37.3 Å². The summed E-state index contributed by atoms with van der Waals surface area (Å²) in [5, 5.41) is 0. The lowest BCUT2D eigenvalue weighted by Gasteiger charge is -2.35. The van der Waals surface area contributed by atoms with E-state index in [0.717, 1.165) is 12.3 Å². The topological polar surface area (TPSA) is 70.6 Å². The molecule has 0 atom stereocenters. The molecule has 28 heavy (non-hydrogen) atoms. The molecular formula is C18H18F3N3O3S. The van der Waals surface area contributed by atoms with Crippen LogP contribution in [0.1, 0.15) is 16.1 Å². The Balaban J connectivity index is 1.70. The number of carbonyl (C=O) groups excluding carboxylic acids is 1. The van der Waals surface area contributed by atoms with Crippen LogP contribution in [0.2, 0.25) is 0 Å². The molecule has 0 bridgehead atoms. The molecule has 0 unspecified atom stereocenters. The van der Waals surface area contributed by atoms with Gasteiger partial charge in [0.1, 0.15) is 11.5 Å². The van der Waals surface area contributed by atoms with Crippen molar-refractivity contribution < 1.29 is 26.4 Å². The summed E-state index contributed by atoms with van der Waals surface area (Å²) in [4.78, 5) is 19.6. The molecule has 1 aromatic carbocycles. The zero-order valence-electron chi connectivity index (χ0n) is 15.0. The molecule has 2 aromatic rings. The first-order valence-corrected chi connectivity index (χ1v) is 10.3. The minimum atomic E-state index is -4.52. The molecule has 0 saturated carbocycles. The van der Waals surface area contributed by atoms with E-state index in [2.05, 4.69) is 4.98 Å². The Hall–Kier alpha value is -2.62. The van der Waals surface area contributed by atoms with Gasteiger partial charge in [-0.1, -0.05) is 12.1 Å². The zero-order chi connectivity index (χ0) is 20.5. The smallest absolute Gasteiger partial charge is 0.353 e. The second kappa shape index (κ2) is 7.42.